The van der Waals surface area contributed by atoms with Gasteiger partial charge in [0, 0.05) is 22.4 Å². The molecule has 4 nitrogen and oxygen atoms in total. The summed E-state index contributed by atoms with van der Waals surface area (Å²) >= 11 is 5.81. The Labute approximate surface area is 136 Å². The molecule has 0 fully saturated rings. The molecule has 0 saturated heterocycles. The van der Waals surface area contributed by atoms with Crippen LogP contribution in [0.1, 0.15) is 37.6 Å². The first kappa shape index (κ1) is 17.7. The molecular formula is C15H16ClF3N2O2. The highest BCUT2D eigenvalue weighted by Gasteiger charge is 2.57. The number of benzene rings is 1. The second-order valence-corrected chi connectivity index (χ2v) is 6.85. The second-order valence-electron chi connectivity index (χ2n) is 6.42. The Hall–Kier alpha value is -1.60. The molecule has 2 rings (SSSR count). The van der Waals surface area contributed by atoms with Gasteiger partial charge in [0.2, 0.25) is 0 Å². The van der Waals surface area contributed by atoms with Crippen LogP contribution in [0.5, 0.6) is 0 Å². The van der Waals surface area contributed by atoms with E-state index in [1.807, 2.05) is 0 Å². The minimum atomic E-state index is -4.72. The maximum absolute atomic E-state index is 13.0. The van der Waals surface area contributed by atoms with Gasteiger partial charge in [-0.2, -0.15) is 23.3 Å². The van der Waals surface area contributed by atoms with Gasteiger partial charge in [0.15, 0.2) is 5.72 Å². The van der Waals surface area contributed by atoms with Crippen molar-refractivity contribution in [3.05, 3.63) is 34.9 Å². The largest absolute Gasteiger partial charge is 0.431 e. The van der Waals surface area contributed by atoms with Crippen LogP contribution in [0.3, 0.4) is 0 Å². The normalized spacial score (nSPS) is 22.3. The lowest BCUT2D eigenvalue weighted by Crippen LogP contribution is -2.55. The Morgan fingerprint density at radius 2 is 1.96 bits per heavy atom. The first-order valence-corrected chi connectivity index (χ1v) is 7.21. The molecule has 0 aromatic heterocycles. The Morgan fingerprint density at radius 1 is 1.35 bits per heavy atom. The van der Waals surface area contributed by atoms with Crippen LogP contribution in [0.2, 0.25) is 5.02 Å². The molecule has 126 valence electrons. The number of halogens is 4. The molecule has 1 N–H and O–H groups in total. The molecule has 1 atom stereocenters. The average Bonchev–Trinajstić information content (AvgIpc) is 2.77. The van der Waals surface area contributed by atoms with Crippen molar-refractivity contribution in [2.45, 2.75) is 39.1 Å². The van der Waals surface area contributed by atoms with Gasteiger partial charge in [-0.15, -0.1) is 0 Å². The van der Waals surface area contributed by atoms with Crippen molar-refractivity contribution in [2.24, 2.45) is 10.5 Å². The molecule has 0 aliphatic carbocycles. The number of aliphatic hydroxyl groups is 1. The zero-order valence-electron chi connectivity index (χ0n) is 12.8. The number of alkyl halides is 3. The SMILES string of the molecule is CC(C)(C)[C@@]1(O)CC(C(F)(F)F)=NN1C(=O)c1cccc(Cl)c1. The summed E-state index contributed by atoms with van der Waals surface area (Å²) in [6.07, 6.45) is -5.51. The van der Waals surface area contributed by atoms with Crippen LogP contribution in [0.4, 0.5) is 13.2 Å². The third kappa shape index (κ3) is 3.21. The van der Waals surface area contributed by atoms with E-state index >= 15 is 0 Å². The summed E-state index contributed by atoms with van der Waals surface area (Å²) in [7, 11) is 0. The molecular weight excluding hydrogens is 333 g/mol. The van der Waals surface area contributed by atoms with E-state index in [1.54, 1.807) is 20.8 Å². The molecule has 0 saturated carbocycles. The van der Waals surface area contributed by atoms with E-state index in [4.69, 9.17) is 11.6 Å². The van der Waals surface area contributed by atoms with Crippen LogP contribution < -0.4 is 0 Å². The molecule has 8 heteroatoms. The molecule has 1 amide bonds. The van der Waals surface area contributed by atoms with Crippen molar-refractivity contribution < 1.29 is 23.1 Å². The Kier molecular flexibility index (Phi) is 4.24. The third-order valence-corrected chi connectivity index (χ3v) is 4.01. The Morgan fingerprint density at radius 3 is 2.43 bits per heavy atom. The summed E-state index contributed by atoms with van der Waals surface area (Å²) in [5.74, 6) is -0.843. The topological polar surface area (TPSA) is 52.9 Å². The number of carbonyl (C=O) groups is 1. The van der Waals surface area contributed by atoms with Crippen LogP contribution in [0, 0.1) is 5.41 Å². The lowest BCUT2D eigenvalue weighted by atomic mass is 9.80. The third-order valence-electron chi connectivity index (χ3n) is 3.78. The van der Waals surface area contributed by atoms with E-state index in [1.165, 1.54) is 24.3 Å². The molecule has 1 aromatic rings. The monoisotopic (exact) mass is 348 g/mol. The maximum Gasteiger partial charge on any atom is 0.431 e. The minimum Gasteiger partial charge on any atom is -0.368 e. The van der Waals surface area contributed by atoms with Gasteiger partial charge in [-0.05, 0) is 18.2 Å². The van der Waals surface area contributed by atoms with Gasteiger partial charge < -0.3 is 5.11 Å². The van der Waals surface area contributed by atoms with Crippen LogP contribution >= 0.6 is 11.6 Å². The van der Waals surface area contributed by atoms with E-state index in [0.717, 1.165) is 0 Å². The summed E-state index contributed by atoms with van der Waals surface area (Å²) in [5, 5.41) is 14.9. The summed E-state index contributed by atoms with van der Waals surface area (Å²) < 4.78 is 39.0. The van der Waals surface area contributed by atoms with E-state index in [9.17, 15) is 23.1 Å². The molecule has 1 aliphatic heterocycles. The number of nitrogens with zero attached hydrogens (tertiary/aromatic N) is 2. The van der Waals surface area contributed by atoms with Gasteiger partial charge in [-0.1, -0.05) is 38.4 Å². The molecule has 0 bridgehead atoms. The Bertz CT molecular complexity index is 667. The lowest BCUT2D eigenvalue weighted by Gasteiger charge is -2.41. The molecule has 0 radical (unpaired) electrons. The predicted molar refractivity (Wildman–Crippen MR) is 80.1 cm³/mol. The molecule has 1 aromatic carbocycles. The van der Waals surface area contributed by atoms with Crippen LogP contribution in [-0.2, 0) is 0 Å². The number of hydrazone groups is 1. The lowest BCUT2D eigenvalue weighted by molar-refractivity contribution is -0.144. The van der Waals surface area contributed by atoms with Crippen LogP contribution in [0.25, 0.3) is 0 Å². The fourth-order valence-corrected chi connectivity index (χ4v) is 2.43. The van der Waals surface area contributed by atoms with Crippen LogP contribution in [0.15, 0.2) is 29.4 Å². The van der Waals surface area contributed by atoms with Gasteiger partial charge in [0.05, 0.1) is 0 Å². The Balaban J connectivity index is 2.50. The molecule has 1 aliphatic rings. The average molecular weight is 349 g/mol. The fraction of sp³-hybridized carbons (Fsp3) is 0.467. The fourth-order valence-electron chi connectivity index (χ4n) is 2.24. The minimum absolute atomic E-state index is 0.0485. The van der Waals surface area contributed by atoms with Crippen molar-refractivity contribution in [1.29, 1.82) is 0 Å². The zero-order valence-corrected chi connectivity index (χ0v) is 13.5. The molecule has 23 heavy (non-hydrogen) atoms. The van der Waals surface area contributed by atoms with Crippen molar-refractivity contribution in [3.8, 4) is 0 Å². The van der Waals surface area contributed by atoms with Crippen molar-refractivity contribution in [1.82, 2.24) is 5.01 Å². The number of amides is 1. The van der Waals surface area contributed by atoms with E-state index in [2.05, 4.69) is 5.10 Å². The van der Waals surface area contributed by atoms with Gasteiger partial charge in [0.1, 0.15) is 5.71 Å². The molecule has 0 unspecified atom stereocenters. The second kappa shape index (κ2) is 5.49. The van der Waals surface area contributed by atoms with E-state index < -0.39 is 35.4 Å². The summed E-state index contributed by atoms with van der Waals surface area (Å²) in [4.78, 5) is 12.6. The van der Waals surface area contributed by atoms with Gasteiger partial charge in [0.25, 0.3) is 5.91 Å². The number of hydrogen-bond donors (Lipinski definition) is 1. The number of rotatable bonds is 1. The first-order chi connectivity index (χ1) is 10.4. The quantitative estimate of drug-likeness (QED) is 0.838. The van der Waals surface area contributed by atoms with Gasteiger partial charge in [-0.25, -0.2) is 0 Å². The first-order valence-electron chi connectivity index (χ1n) is 6.83. The van der Waals surface area contributed by atoms with Crippen molar-refractivity contribution in [3.63, 3.8) is 0 Å². The summed E-state index contributed by atoms with van der Waals surface area (Å²) in [6.45, 7) is 4.63. The smallest absolute Gasteiger partial charge is 0.368 e. The highest BCUT2D eigenvalue weighted by atomic mass is 35.5. The summed E-state index contributed by atoms with van der Waals surface area (Å²) in [5.41, 5.74) is -4.27. The van der Waals surface area contributed by atoms with Gasteiger partial charge >= 0.3 is 6.18 Å². The zero-order chi connectivity index (χ0) is 17.6. The highest BCUT2D eigenvalue weighted by Crippen LogP contribution is 2.44. The number of hydrogen-bond acceptors (Lipinski definition) is 3. The number of carbonyl (C=O) groups excluding carboxylic acids is 1. The van der Waals surface area contributed by atoms with Crippen molar-refractivity contribution >= 4 is 23.2 Å². The van der Waals surface area contributed by atoms with Crippen LogP contribution in [-0.4, -0.2) is 33.6 Å². The van der Waals surface area contributed by atoms with E-state index in [0.29, 0.717) is 5.01 Å². The van der Waals surface area contributed by atoms with Crippen molar-refractivity contribution in [2.75, 3.05) is 0 Å². The maximum atomic E-state index is 13.0. The molecule has 0 spiro atoms. The predicted octanol–water partition coefficient (Wildman–Crippen LogP) is 3.84. The summed E-state index contributed by atoms with van der Waals surface area (Å²) in [6, 6.07) is 5.74. The standard InChI is InChI=1S/C15H16ClF3N2O2/c1-13(2,3)14(23)8-11(15(17,18)19)20-21(14)12(22)9-5-4-6-10(16)7-9/h4-7,23H,8H2,1-3H3/t14-/m0/s1. The highest BCUT2D eigenvalue weighted by molar-refractivity contribution is 6.31. The molecule has 1 heterocycles. The van der Waals surface area contributed by atoms with E-state index in [-0.39, 0.29) is 10.6 Å². The van der Waals surface area contributed by atoms with Gasteiger partial charge in [-0.3, -0.25) is 4.79 Å².